The van der Waals surface area contributed by atoms with Gasteiger partial charge in [0.05, 0.1) is 0 Å². The number of allylic oxidation sites excluding steroid dienone is 2. The van der Waals surface area contributed by atoms with Crippen LogP contribution in [-0.2, 0) is 0 Å². The average Bonchev–Trinajstić information content (AvgIpc) is 3.54. The predicted molar refractivity (Wildman–Crippen MR) is 194 cm³/mol. The molecule has 2 N–H and O–H groups in total. The number of nitrogens with zero attached hydrogens (tertiary/aromatic N) is 1. The number of aliphatic imine (C=N–C) groups is 1. The van der Waals surface area contributed by atoms with Gasteiger partial charge in [-0.05, 0) is 69.1 Å². The summed E-state index contributed by atoms with van der Waals surface area (Å²) in [6.07, 6.45) is 8.71. The molecule has 2 aliphatic rings. The van der Waals surface area contributed by atoms with E-state index in [1.807, 2.05) is 12.1 Å². The number of furan rings is 1. The van der Waals surface area contributed by atoms with Gasteiger partial charge in [-0.1, -0.05) is 140 Å². The topological polar surface area (TPSA) is 49.6 Å². The van der Waals surface area contributed by atoms with E-state index < -0.39 is 0 Å². The van der Waals surface area contributed by atoms with E-state index in [4.69, 9.17) is 9.41 Å². The summed E-state index contributed by atoms with van der Waals surface area (Å²) in [6.45, 7) is 0. The fraction of sp³-hybridized carbons (Fsp3) is 0.0930. The zero-order valence-electron chi connectivity index (χ0n) is 25.9. The number of hydrogen-bond acceptors (Lipinski definition) is 4. The minimum atomic E-state index is -0.123. The van der Waals surface area contributed by atoms with Gasteiger partial charge in [0.2, 0.25) is 0 Å². The quantitative estimate of drug-likeness (QED) is 0.205. The van der Waals surface area contributed by atoms with Crippen molar-refractivity contribution in [3.63, 3.8) is 0 Å². The summed E-state index contributed by atoms with van der Waals surface area (Å²) in [5, 5.41) is 12.1. The monoisotopic (exact) mass is 607 g/mol. The van der Waals surface area contributed by atoms with Crippen LogP contribution in [0.4, 0.5) is 0 Å². The van der Waals surface area contributed by atoms with Gasteiger partial charge in [-0.3, -0.25) is 5.32 Å². The zero-order chi connectivity index (χ0) is 31.2. The van der Waals surface area contributed by atoms with E-state index in [-0.39, 0.29) is 12.3 Å². The number of nitrogens with one attached hydrogen (secondary N) is 2. The summed E-state index contributed by atoms with van der Waals surface area (Å²) >= 11 is 0. The van der Waals surface area contributed by atoms with Gasteiger partial charge in [-0.2, -0.15) is 0 Å². The first-order chi connectivity index (χ1) is 23.3. The molecule has 0 radical (unpaired) electrons. The second-order valence-corrected chi connectivity index (χ2v) is 12.3. The van der Waals surface area contributed by atoms with Crippen LogP contribution in [0.25, 0.3) is 55.0 Å². The molecule has 6 aromatic carbocycles. The van der Waals surface area contributed by atoms with Gasteiger partial charge in [0.1, 0.15) is 29.3 Å². The molecule has 2 unspecified atom stereocenters. The molecule has 1 aliphatic carbocycles. The predicted octanol–water partition coefficient (Wildman–Crippen LogP) is 10.3. The molecule has 2 atom stereocenters. The van der Waals surface area contributed by atoms with Crippen molar-refractivity contribution in [2.75, 3.05) is 0 Å². The van der Waals surface area contributed by atoms with E-state index in [1.54, 1.807) is 0 Å². The number of benzene rings is 6. The van der Waals surface area contributed by atoms with Crippen molar-refractivity contribution < 1.29 is 4.42 Å². The number of para-hydroxylation sites is 1. The minimum absolute atomic E-state index is 0.0560. The SMILES string of the molecule is C1=CC(C2N=C(c3ccc(-c4c(-c5cccc6oc7ccccc7c56)ccc5ccccc45)cc3)NC(c3ccccc3)N2)=CCC1. The van der Waals surface area contributed by atoms with Crippen LogP contribution in [0.5, 0.6) is 0 Å². The van der Waals surface area contributed by atoms with Crippen LogP contribution in [0.3, 0.4) is 0 Å². The molecule has 0 spiro atoms. The van der Waals surface area contributed by atoms with Crippen molar-refractivity contribution in [2.24, 2.45) is 4.99 Å². The second-order valence-electron chi connectivity index (χ2n) is 12.3. The number of fused-ring (bicyclic) bond motifs is 4. The first kappa shape index (κ1) is 27.6. The first-order valence-electron chi connectivity index (χ1n) is 16.4. The summed E-state index contributed by atoms with van der Waals surface area (Å²) in [6, 6.07) is 47.3. The summed E-state index contributed by atoms with van der Waals surface area (Å²) < 4.78 is 6.29. The molecule has 0 fully saturated rings. The second kappa shape index (κ2) is 11.6. The summed E-state index contributed by atoms with van der Waals surface area (Å²) in [5.41, 5.74) is 10.0. The van der Waals surface area contributed by atoms with Gasteiger partial charge in [0.15, 0.2) is 0 Å². The fourth-order valence-electron chi connectivity index (χ4n) is 7.13. The highest BCUT2D eigenvalue weighted by atomic mass is 16.3. The molecule has 0 saturated heterocycles. The summed E-state index contributed by atoms with van der Waals surface area (Å²) in [5.74, 6) is 0.891. The molecule has 4 nitrogen and oxygen atoms in total. The lowest BCUT2D eigenvalue weighted by Crippen LogP contribution is -2.49. The summed E-state index contributed by atoms with van der Waals surface area (Å²) in [4.78, 5) is 5.19. The van der Waals surface area contributed by atoms with Gasteiger partial charge in [0.25, 0.3) is 0 Å². The van der Waals surface area contributed by atoms with E-state index in [0.29, 0.717) is 0 Å². The first-order valence-corrected chi connectivity index (χ1v) is 16.4. The lowest BCUT2D eigenvalue weighted by atomic mass is 9.88. The molecule has 226 valence electrons. The molecule has 7 aromatic rings. The Hall–Kier alpha value is -5.71. The third kappa shape index (κ3) is 4.95. The zero-order valence-corrected chi connectivity index (χ0v) is 25.9. The Balaban J connectivity index is 1.17. The Morgan fingerprint density at radius 1 is 0.617 bits per heavy atom. The molecule has 9 rings (SSSR count). The highest BCUT2D eigenvalue weighted by molar-refractivity contribution is 6.16. The van der Waals surface area contributed by atoms with Crippen molar-refractivity contribution >= 4 is 38.5 Å². The Labute approximate surface area is 273 Å². The van der Waals surface area contributed by atoms with Gasteiger partial charge < -0.3 is 9.73 Å². The van der Waals surface area contributed by atoms with Crippen molar-refractivity contribution in [3.8, 4) is 22.3 Å². The number of rotatable bonds is 5. The van der Waals surface area contributed by atoms with E-state index in [0.717, 1.165) is 51.7 Å². The molecular formula is C43H33N3O. The maximum absolute atomic E-state index is 6.29. The molecule has 47 heavy (non-hydrogen) atoms. The van der Waals surface area contributed by atoms with Crippen LogP contribution < -0.4 is 10.6 Å². The normalized spacial score (nSPS) is 17.9. The lowest BCUT2D eigenvalue weighted by Gasteiger charge is -2.33. The molecule has 1 aliphatic heterocycles. The number of amidine groups is 1. The lowest BCUT2D eigenvalue weighted by molar-refractivity contribution is 0.434. The van der Waals surface area contributed by atoms with Gasteiger partial charge in [-0.25, -0.2) is 4.99 Å². The van der Waals surface area contributed by atoms with Crippen molar-refractivity contribution in [3.05, 3.63) is 168 Å². The third-order valence-corrected chi connectivity index (χ3v) is 9.40. The molecule has 1 aromatic heterocycles. The molecule has 4 heteroatoms. The van der Waals surface area contributed by atoms with Gasteiger partial charge in [-0.15, -0.1) is 0 Å². The maximum atomic E-state index is 6.29. The number of hydrogen-bond donors (Lipinski definition) is 2. The van der Waals surface area contributed by atoms with Crippen molar-refractivity contribution in [1.82, 2.24) is 10.6 Å². The molecule has 0 amide bonds. The van der Waals surface area contributed by atoms with E-state index in [1.165, 1.54) is 38.6 Å². The highest BCUT2D eigenvalue weighted by Crippen LogP contribution is 2.43. The minimum Gasteiger partial charge on any atom is -0.456 e. The van der Waals surface area contributed by atoms with Crippen molar-refractivity contribution in [2.45, 2.75) is 25.2 Å². The Morgan fingerprint density at radius 2 is 1.38 bits per heavy atom. The van der Waals surface area contributed by atoms with Gasteiger partial charge in [0, 0.05) is 16.3 Å². The third-order valence-electron chi connectivity index (χ3n) is 9.40. The van der Waals surface area contributed by atoms with Crippen molar-refractivity contribution in [1.29, 1.82) is 0 Å². The summed E-state index contributed by atoms with van der Waals surface area (Å²) in [7, 11) is 0. The van der Waals surface area contributed by atoms with E-state index in [2.05, 4.69) is 150 Å². The van der Waals surface area contributed by atoms with E-state index >= 15 is 0 Å². The Bertz CT molecular complexity index is 2360. The molecule has 0 bridgehead atoms. The average molecular weight is 608 g/mol. The van der Waals surface area contributed by atoms with Crippen LogP contribution in [0, 0.1) is 0 Å². The standard InChI is InChI=1S/C43H33N3O/c1-3-13-30(14-4-1)41-44-42(31-15-5-2-6-16-31)46-43(45-41)32-24-22-29(23-25-32)39-33-17-8-7-12-28(33)26-27-35(39)34-19-11-21-38-40(34)36-18-9-10-20-37(36)47-38/h1,3-5,7-27,41-42,44H,2,6H2,(H,45,46). The Morgan fingerprint density at radius 3 is 2.23 bits per heavy atom. The van der Waals surface area contributed by atoms with Crippen LogP contribution in [-0.4, -0.2) is 12.0 Å². The fourth-order valence-corrected chi connectivity index (χ4v) is 7.13. The molecular weight excluding hydrogens is 574 g/mol. The van der Waals surface area contributed by atoms with E-state index in [9.17, 15) is 0 Å². The molecule has 2 heterocycles. The van der Waals surface area contributed by atoms with Crippen LogP contribution in [0.1, 0.15) is 30.1 Å². The Kier molecular flexibility index (Phi) is 6.80. The van der Waals surface area contributed by atoms with Gasteiger partial charge >= 0.3 is 0 Å². The highest BCUT2D eigenvalue weighted by Gasteiger charge is 2.26. The largest absolute Gasteiger partial charge is 0.456 e. The smallest absolute Gasteiger partial charge is 0.136 e. The maximum Gasteiger partial charge on any atom is 0.136 e. The van der Waals surface area contributed by atoms with Crippen LogP contribution >= 0.6 is 0 Å². The molecule has 0 saturated carbocycles. The van der Waals surface area contributed by atoms with Crippen LogP contribution in [0.15, 0.2) is 167 Å². The van der Waals surface area contributed by atoms with Crippen LogP contribution in [0.2, 0.25) is 0 Å².